The van der Waals surface area contributed by atoms with Crippen LogP contribution in [0.25, 0.3) is 11.3 Å². The first-order valence-corrected chi connectivity index (χ1v) is 12.3. The number of rotatable bonds is 7. The Labute approximate surface area is 189 Å². The summed E-state index contributed by atoms with van der Waals surface area (Å²) in [5.41, 5.74) is 2.91. The van der Waals surface area contributed by atoms with Crippen molar-refractivity contribution in [3.63, 3.8) is 0 Å². The lowest BCUT2D eigenvalue weighted by atomic mass is 10.1. The lowest BCUT2D eigenvalue weighted by molar-refractivity contribution is 0.384. The largest absolute Gasteiger partial charge is 0.497 e. The zero-order valence-corrected chi connectivity index (χ0v) is 19.3. The van der Waals surface area contributed by atoms with Gasteiger partial charge in [0, 0.05) is 37.8 Å². The lowest BCUT2D eigenvalue weighted by Crippen LogP contribution is -2.48. The number of hydrogen-bond donors (Lipinski definition) is 0. The number of methoxy groups -OCH3 is 1. The van der Waals surface area contributed by atoms with Gasteiger partial charge >= 0.3 is 0 Å². The maximum Gasteiger partial charge on any atom is 0.243 e. The number of aryl methyl sites for hydroxylation is 1. The van der Waals surface area contributed by atoms with Crippen molar-refractivity contribution in [2.45, 2.75) is 24.7 Å². The van der Waals surface area contributed by atoms with Gasteiger partial charge in [0.1, 0.15) is 17.9 Å². The molecule has 0 aliphatic carbocycles. The van der Waals surface area contributed by atoms with E-state index in [-0.39, 0.29) is 0 Å². The maximum atomic E-state index is 13.1. The van der Waals surface area contributed by atoms with Gasteiger partial charge in [0.2, 0.25) is 10.0 Å². The van der Waals surface area contributed by atoms with E-state index in [0.29, 0.717) is 31.1 Å². The highest BCUT2D eigenvalue weighted by atomic mass is 32.2. The summed E-state index contributed by atoms with van der Waals surface area (Å²) in [6.07, 6.45) is 3.54. The molecule has 168 valence electrons. The average Bonchev–Trinajstić information content (AvgIpc) is 2.85. The number of benzene rings is 2. The van der Waals surface area contributed by atoms with Crippen LogP contribution in [-0.4, -0.2) is 56.0 Å². The van der Waals surface area contributed by atoms with Crippen molar-refractivity contribution in [1.29, 1.82) is 0 Å². The van der Waals surface area contributed by atoms with Crippen LogP contribution in [0.4, 0.5) is 5.82 Å². The summed E-state index contributed by atoms with van der Waals surface area (Å²) < 4.78 is 33.0. The third-order valence-electron chi connectivity index (χ3n) is 5.68. The van der Waals surface area contributed by atoms with Crippen LogP contribution in [0, 0.1) is 0 Å². The molecule has 0 spiro atoms. The van der Waals surface area contributed by atoms with Gasteiger partial charge in [-0.05, 0) is 36.2 Å². The quantitative estimate of drug-likeness (QED) is 0.545. The molecule has 1 aromatic heterocycles. The van der Waals surface area contributed by atoms with Crippen molar-refractivity contribution in [2.75, 3.05) is 38.2 Å². The van der Waals surface area contributed by atoms with Crippen LogP contribution >= 0.6 is 0 Å². The fourth-order valence-electron chi connectivity index (χ4n) is 3.88. The zero-order chi connectivity index (χ0) is 22.6. The molecule has 7 nitrogen and oxygen atoms in total. The van der Waals surface area contributed by atoms with E-state index in [1.807, 2.05) is 42.5 Å². The van der Waals surface area contributed by atoms with E-state index in [2.05, 4.69) is 21.8 Å². The predicted molar refractivity (Wildman–Crippen MR) is 125 cm³/mol. The van der Waals surface area contributed by atoms with Crippen LogP contribution < -0.4 is 9.64 Å². The van der Waals surface area contributed by atoms with Gasteiger partial charge in [-0.15, -0.1) is 0 Å². The topological polar surface area (TPSA) is 75.6 Å². The first-order chi connectivity index (χ1) is 15.5. The van der Waals surface area contributed by atoms with Gasteiger partial charge in [-0.25, -0.2) is 18.4 Å². The highest BCUT2D eigenvalue weighted by Gasteiger charge is 2.29. The highest BCUT2D eigenvalue weighted by Crippen LogP contribution is 2.26. The number of anilines is 1. The monoisotopic (exact) mass is 452 g/mol. The van der Waals surface area contributed by atoms with E-state index in [0.717, 1.165) is 41.2 Å². The summed E-state index contributed by atoms with van der Waals surface area (Å²) in [5, 5.41) is 0. The van der Waals surface area contributed by atoms with Crippen LogP contribution in [-0.2, 0) is 16.4 Å². The van der Waals surface area contributed by atoms with Gasteiger partial charge in [-0.3, -0.25) is 0 Å². The van der Waals surface area contributed by atoms with E-state index in [9.17, 15) is 8.42 Å². The summed E-state index contributed by atoms with van der Waals surface area (Å²) in [5.74, 6) is 1.56. The minimum absolute atomic E-state index is 0.355. The Morgan fingerprint density at radius 3 is 2.41 bits per heavy atom. The molecular formula is C24H28N4O3S. The van der Waals surface area contributed by atoms with E-state index < -0.39 is 10.0 Å². The molecule has 0 radical (unpaired) electrons. The molecule has 0 saturated carbocycles. The summed E-state index contributed by atoms with van der Waals surface area (Å²) in [7, 11) is -1.86. The fraction of sp³-hybridized carbons (Fsp3) is 0.333. The van der Waals surface area contributed by atoms with Gasteiger partial charge in [0.25, 0.3) is 0 Å². The van der Waals surface area contributed by atoms with Gasteiger partial charge in [-0.2, -0.15) is 4.31 Å². The Balaban J connectivity index is 1.45. The molecule has 1 aliphatic heterocycles. The minimum atomic E-state index is -3.50. The van der Waals surface area contributed by atoms with Crippen LogP contribution in [0.2, 0.25) is 0 Å². The smallest absolute Gasteiger partial charge is 0.243 e. The molecule has 1 fully saturated rings. The van der Waals surface area contributed by atoms with Crippen molar-refractivity contribution in [3.05, 3.63) is 66.5 Å². The van der Waals surface area contributed by atoms with Gasteiger partial charge < -0.3 is 9.64 Å². The first-order valence-electron chi connectivity index (χ1n) is 10.8. The average molecular weight is 453 g/mol. The second-order valence-corrected chi connectivity index (χ2v) is 9.72. The van der Waals surface area contributed by atoms with Crippen molar-refractivity contribution in [2.24, 2.45) is 0 Å². The summed E-state index contributed by atoms with van der Waals surface area (Å²) in [6.45, 7) is 4.08. The highest BCUT2D eigenvalue weighted by molar-refractivity contribution is 7.89. The molecule has 2 aromatic carbocycles. The molecule has 0 amide bonds. The molecule has 0 bridgehead atoms. The predicted octanol–water partition coefficient (Wildman–Crippen LogP) is 3.62. The molecule has 32 heavy (non-hydrogen) atoms. The Morgan fingerprint density at radius 2 is 1.72 bits per heavy atom. The molecule has 0 N–H and O–H groups in total. The molecule has 8 heteroatoms. The summed E-state index contributed by atoms with van der Waals surface area (Å²) in [6, 6.07) is 16.9. The number of hydrogen-bond acceptors (Lipinski definition) is 6. The number of sulfonamides is 1. The van der Waals surface area contributed by atoms with E-state index >= 15 is 0 Å². The molecule has 2 heterocycles. The number of aromatic nitrogens is 2. The molecule has 4 rings (SSSR count). The minimum Gasteiger partial charge on any atom is -0.497 e. The van der Waals surface area contributed by atoms with Crippen LogP contribution in [0.1, 0.15) is 18.9 Å². The fourth-order valence-corrected chi connectivity index (χ4v) is 5.31. The van der Waals surface area contributed by atoms with E-state index in [4.69, 9.17) is 4.74 Å². The van der Waals surface area contributed by atoms with Crippen molar-refractivity contribution < 1.29 is 13.2 Å². The zero-order valence-electron chi connectivity index (χ0n) is 18.4. The van der Waals surface area contributed by atoms with Crippen molar-refractivity contribution in [3.8, 4) is 17.0 Å². The molecule has 1 saturated heterocycles. The Morgan fingerprint density at radius 1 is 0.969 bits per heavy atom. The van der Waals surface area contributed by atoms with Crippen LogP contribution in [0.5, 0.6) is 5.75 Å². The number of nitrogens with zero attached hydrogens (tertiary/aromatic N) is 4. The molecular weight excluding hydrogens is 424 g/mol. The lowest BCUT2D eigenvalue weighted by Gasteiger charge is -2.34. The summed E-state index contributed by atoms with van der Waals surface area (Å²) >= 11 is 0. The van der Waals surface area contributed by atoms with Gasteiger partial charge in [0.15, 0.2) is 0 Å². The van der Waals surface area contributed by atoms with Gasteiger partial charge in [0.05, 0.1) is 17.7 Å². The first kappa shape index (κ1) is 22.2. The molecule has 0 unspecified atom stereocenters. The Bertz CT molecular complexity index is 1160. The SMILES string of the molecule is CCCc1ccc(S(=O)(=O)N2CCN(c3cc(-c4cccc(OC)c4)ncn3)CC2)cc1. The molecule has 0 atom stereocenters. The van der Waals surface area contributed by atoms with E-state index in [1.54, 1.807) is 29.9 Å². The number of piperazine rings is 1. The third kappa shape index (κ3) is 4.76. The van der Waals surface area contributed by atoms with Crippen LogP contribution in [0.3, 0.4) is 0 Å². The second-order valence-electron chi connectivity index (χ2n) is 7.78. The Hall–Kier alpha value is -2.97. The maximum absolute atomic E-state index is 13.1. The summed E-state index contributed by atoms with van der Waals surface area (Å²) in [4.78, 5) is 11.3. The molecule has 1 aliphatic rings. The van der Waals surface area contributed by atoms with Gasteiger partial charge in [-0.1, -0.05) is 37.6 Å². The van der Waals surface area contributed by atoms with Crippen LogP contribution in [0.15, 0.2) is 65.8 Å². The Kier molecular flexibility index (Phi) is 6.72. The normalized spacial score (nSPS) is 15.0. The van der Waals surface area contributed by atoms with Crippen molar-refractivity contribution in [1.82, 2.24) is 14.3 Å². The van der Waals surface area contributed by atoms with Crippen molar-refractivity contribution >= 4 is 15.8 Å². The number of ether oxygens (including phenoxy) is 1. The van der Waals surface area contributed by atoms with E-state index in [1.165, 1.54) is 0 Å². The third-order valence-corrected chi connectivity index (χ3v) is 7.59. The second kappa shape index (κ2) is 9.67. The molecule has 3 aromatic rings. The standard InChI is InChI=1S/C24H28N4O3S/c1-3-5-19-8-10-22(11-9-19)32(29,30)28-14-12-27(13-15-28)24-17-23(25-18-26-24)20-6-4-7-21(16-20)31-2/h4,6-11,16-18H,3,5,12-15H2,1-2H3.